The molecule has 0 atom stereocenters. The molecule has 0 spiro atoms. The molecule has 0 saturated heterocycles. The van der Waals surface area contributed by atoms with E-state index in [2.05, 4.69) is 0 Å². The maximum atomic E-state index is 13.2. The first-order valence-electron chi connectivity index (χ1n) is 6.07. The number of hydrogen-bond acceptors (Lipinski definition) is 1. The van der Waals surface area contributed by atoms with Gasteiger partial charge in [-0.2, -0.15) is 0 Å². The van der Waals surface area contributed by atoms with Gasteiger partial charge in [0.1, 0.15) is 0 Å². The summed E-state index contributed by atoms with van der Waals surface area (Å²) in [5.74, 6) is -4.79. The molecule has 0 saturated carbocycles. The Bertz CT molecular complexity index is 651. The molecular formula is C15H10F3NO. The summed E-state index contributed by atoms with van der Waals surface area (Å²) in [6, 6.07) is 8.98. The lowest BCUT2D eigenvalue weighted by molar-refractivity contribution is 0.0750. The van der Waals surface area contributed by atoms with Gasteiger partial charge in [0.05, 0.1) is 0 Å². The second-order valence-corrected chi connectivity index (χ2v) is 4.68. The molecule has 0 aliphatic carbocycles. The molecule has 1 heterocycles. The van der Waals surface area contributed by atoms with E-state index in [0.717, 1.165) is 23.3 Å². The molecule has 1 amide bonds. The van der Waals surface area contributed by atoms with Gasteiger partial charge in [-0.3, -0.25) is 4.79 Å². The van der Waals surface area contributed by atoms with E-state index in [1.165, 1.54) is 4.90 Å². The molecule has 3 rings (SSSR count). The molecule has 1 aliphatic rings. The minimum absolute atomic E-state index is 0.186. The molecule has 2 aromatic carbocycles. The molecule has 2 aromatic rings. The maximum absolute atomic E-state index is 13.2. The third-order valence-electron chi connectivity index (χ3n) is 3.36. The number of fused-ring (bicyclic) bond motifs is 1. The van der Waals surface area contributed by atoms with E-state index in [1.54, 1.807) is 0 Å². The third kappa shape index (κ3) is 2.05. The predicted octanol–water partition coefficient (Wildman–Crippen LogP) is 3.26. The summed E-state index contributed by atoms with van der Waals surface area (Å²) < 4.78 is 39.2. The Morgan fingerprint density at radius 2 is 1.45 bits per heavy atom. The molecule has 0 aromatic heterocycles. The van der Waals surface area contributed by atoms with E-state index >= 15 is 0 Å². The van der Waals surface area contributed by atoms with Crippen molar-refractivity contribution in [1.29, 1.82) is 0 Å². The first kappa shape index (κ1) is 12.7. The van der Waals surface area contributed by atoms with Gasteiger partial charge in [-0.25, -0.2) is 13.2 Å². The van der Waals surface area contributed by atoms with Crippen LogP contribution in [-0.4, -0.2) is 10.8 Å². The zero-order valence-electron chi connectivity index (χ0n) is 10.4. The van der Waals surface area contributed by atoms with Gasteiger partial charge in [0.2, 0.25) is 0 Å². The number of carbonyl (C=O) groups excluding carboxylic acids is 1. The minimum atomic E-state index is -1.56. The third-order valence-corrected chi connectivity index (χ3v) is 3.36. The van der Waals surface area contributed by atoms with E-state index < -0.39 is 23.4 Å². The quantitative estimate of drug-likeness (QED) is 0.733. The van der Waals surface area contributed by atoms with E-state index in [0.29, 0.717) is 13.1 Å². The van der Waals surface area contributed by atoms with Crippen LogP contribution in [0.25, 0.3) is 0 Å². The number of nitrogens with zero attached hydrogens (tertiary/aromatic N) is 1. The predicted molar refractivity (Wildman–Crippen MR) is 66.3 cm³/mol. The molecule has 0 N–H and O–H groups in total. The highest BCUT2D eigenvalue weighted by Gasteiger charge is 2.25. The van der Waals surface area contributed by atoms with Gasteiger partial charge in [-0.1, -0.05) is 24.3 Å². The fourth-order valence-electron chi connectivity index (χ4n) is 2.34. The van der Waals surface area contributed by atoms with Crippen LogP contribution in [0, 0.1) is 17.5 Å². The van der Waals surface area contributed by atoms with E-state index in [-0.39, 0.29) is 5.56 Å². The Balaban J connectivity index is 1.88. The molecule has 20 heavy (non-hydrogen) atoms. The summed E-state index contributed by atoms with van der Waals surface area (Å²) in [5, 5.41) is 0. The lowest BCUT2D eigenvalue weighted by atomic mass is 10.1. The minimum Gasteiger partial charge on any atom is -0.330 e. The van der Waals surface area contributed by atoms with Crippen LogP contribution < -0.4 is 0 Å². The largest absolute Gasteiger partial charge is 0.330 e. The average Bonchev–Trinajstić information content (AvgIpc) is 2.87. The zero-order valence-corrected chi connectivity index (χ0v) is 10.4. The highest BCUT2D eigenvalue weighted by atomic mass is 19.2. The number of carbonyl (C=O) groups is 1. The van der Waals surface area contributed by atoms with Crippen LogP contribution in [0.4, 0.5) is 13.2 Å². The van der Waals surface area contributed by atoms with Crippen molar-refractivity contribution in [1.82, 2.24) is 4.90 Å². The van der Waals surface area contributed by atoms with Gasteiger partial charge in [-0.15, -0.1) is 0 Å². The molecule has 102 valence electrons. The molecule has 0 radical (unpaired) electrons. The fourth-order valence-corrected chi connectivity index (χ4v) is 2.34. The van der Waals surface area contributed by atoms with Crippen molar-refractivity contribution >= 4 is 5.91 Å². The molecule has 0 fully saturated rings. The molecule has 0 unspecified atom stereocenters. The van der Waals surface area contributed by atoms with Gasteiger partial charge in [0.25, 0.3) is 5.91 Å². The van der Waals surface area contributed by atoms with Crippen LogP contribution in [0.2, 0.25) is 0 Å². The van der Waals surface area contributed by atoms with Crippen LogP contribution in [0.1, 0.15) is 21.5 Å². The van der Waals surface area contributed by atoms with Crippen molar-refractivity contribution < 1.29 is 18.0 Å². The number of halogens is 3. The van der Waals surface area contributed by atoms with Crippen LogP contribution in [-0.2, 0) is 13.1 Å². The summed E-state index contributed by atoms with van der Waals surface area (Å²) in [5.41, 5.74) is 1.82. The SMILES string of the molecule is O=C(c1cc(F)c(F)c(F)c1)N1Cc2ccccc2C1. The van der Waals surface area contributed by atoms with Gasteiger partial charge in [0, 0.05) is 18.7 Å². The first-order valence-corrected chi connectivity index (χ1v) is 6.07. The van der Waals surface area contributed by atoms with Crippen LogP contribution >= 0.6 is 0 Å². The number of benzene rings is 2. The van der Waals surface area contributed by atoms with Crippen LogP contribution in [0.3, 0.4) is 0 Å². The van der Waals surface area contributed by atoms with Gasteiger partial charge in [-0.05, 0) is 23.3 Å². The van der Waals surface area contributed by atoms with Crippen molar-refractivity contribution in [3.8, 4) is 0 Å². The topological polar surface area (TPSA) is 20.3 Å². The van der Waals surface area contributed by atoms with E-state index in [4.69, 9.17) is 0 Å². The number of amides is 1. The lowest BCUT2D eigenvalue weighted by Gasteiger charge is -2.15. The Hall–Kier alpha value is -2.30. The van der Waals surface area contributed by atoms with Gasteiger partial charge in [0.15, 0.2) is 17.5 Å². The van der Waals surface area contributed by atoms with Crippen molar-refractivity contribution in [2.75, 3.05) is 0 Å². The highest BCUT2D eigenvalue weighted by molar-refractivity contribution is 5.94. The van der Waals surface area contributed by atoms with Crippen LogP contribution in [0.15, 0.2) is 36.4 Å². The fraction of sp³-hybridized carbons (Fsp3) is 0.133. The Morgan fingerprint density at radius 3 is 1.95 bits per heavy atom. The molecule has 0 bridgehead atoms. The normalized spacial score (nSPS) is 13.4. The summed E-state index contributed by atoms with van der Waals surface area (Å²) in [6.07, 6.45) is 0. The highest BCUT2D eigenvalue weighted by Crippen LogP contribution is 2.24. The van der Waals surface area contributed by atoms with Crippen molar-refractivity contribution in [3.63, 3.8) is 0 Å². The van der Waals surface area contributed by atoms with Gasteiger partial charge >= 0.3 is 0 Å². The van der Waals surface area contributed by atoms with E-state index in [9.17, 15) is 18.0 Å². The Kier molecular flexibility index (Phi) is 2.97. The first-order chi connectivity index (χ1) is 9.56. The van der Waals surface area contributed by atoms with Crippen molar-refractivity contribution in [2.45, 2.75) is 13.1 Å². The lowest BCUT2D eigenvalue weighted by Crippen LogP contribution is -2.25. The van der Waals surface area contributed by atoms with E-state index in [1.807, 2.05) is 24.3 Å². The number of hydrogen-bond donors (Lipinski definition) is 0. The second-order valence-electron chi connectivity index (χ2n) is 4.68. The summed E-state index contributed by atoms with van der Waals surface area (Å²) >= 11 is 0. The van der Waals surface area contributed by atoms with Gasteiger partial charge < -0.3 is 4.90 Å². The monoisotopic (exact) mass is 277 g/mol. The zero-order chi connectivity index (χ0) is 14.3. The van der Waals surface area contributed by atoms with Crippen molar-refractivity contribution in [2.24, 2.45) is 0 Å². The summed E-state index contributed by atoms with van der Waals surface area (Å²) in [4.78, 5) is 13.7. The Labute approximate surface area is 113 Å². The average molecular weight is 277 g/mol. The maximum Gasteiger partial charge on any atom is 0.254 e. The molecule has 5 heteroatoms. The standard InChI is InChI=1S/C15H10F3NO/c16-12-5-11(6-13(17)14(12)18)15(20)19-7-9-3-1-2-4-10(9)8-19/h1-6H,7-8H2. The Morgan fingerprint density at radius 1 is 0.950 bits per heavy atom. The second kappa shape index (κ2) is 4.67. The molecular weight excluding hydrogens is 267 g/mol. The smallest absolute Gasteiger partial charge is 0.254 e. The molecule has 1 aliphatic heterocycles. The summed E-state index contributed by atoms with van der Waals surface area (Å²) in [6.45, 7) is 0.769. The molecule has 2 nitrogen and oxygen atoms in total. The summed E-state index contributed by atoms with van der Waals surface area (Å²) in [7, 11) is 0. The van der Waals surface area contributed by atoms with Crippen LogP contribution in [0.5, 0.6) is 0 Å². The number of rotatable bonds is 1. The van der Waals surface area contributed by atoms with Crippen molar-refractivity contribution in [3.05, 3.63) is 70.5 Å².